The molecule has 27 heavy (non-hydrogen) atoms. The van der Waals surface area contributed by atoms with Crippen molar-refractivity contribution in [1.29, 1.82) is 0 Å². The van der Waals surface area contributed by atoms with Crippen LogP contribution in [0.3, 0.4) is 0 Å². The van der Waals surface area contributed by atoms with Gasteiger partial charge >= 0.3 is 0 Å². The van der Waals surface area contributed by atoms with Gasteiger partial charge in [-0.15, -0.1) is 0 Å². The van der Waals surface area contributed by atoms with Crippen LogP contribution in [0, 0.1) is 6.92 Å². The molecule has 0 aliphatic rings. The summed E-state index contributed by atoms with van der Waals surface area (Å²) in [5, 5.41) is 4.26. The van der Waals surface area contributed by atoms with Crippen LogP contribution in [0.1, 0.15) is 5.56 Å². The van der Waals surface area contributed by atoms with Crippen LogP contribution in [0.15, 0.2) is 53.8 Å². The minimum atomic E-state index is -0.135. The Balaban J connectivity index is 1.67. The van der Waals surface area contributed by atoms with Gasteiger partial charge in [-0.2, -0.15) is 0 Å². The first-order valence-electron chi connectivity index (χ1n) is 8.33. The molecule has 0 radical (unpaired) electrons. The SMILES string of the molecule is COc1cc(Cl)c(C)cc1NC(=O)CSc1ncc(-c2ccccc2)n1C. The molecular weight excluding hydrogens is 382 g/mol. The lowest BCUT2D eigenvalue weighted by Crippen LogP contribution is -2.15. The number of carbonyl (C=O) groups is 1. The molecule has 1 heterocycles. The van der Waals surface area contributed by atoms with Crippen molar-refractivity contribution < 1.29 is 9.53 Å². The van der Waals surface area contributed by atoms with Crippen molar-refractivity contribution in [3.05, 3.63) is 59.2 Å². The van der Waals surface area contributed by atoms with Crippen molar-refractivity contribution in [2.75, 3.05) is 18.2 Å². The van der Waals surface area contributed by atoms with Crippen molar-refractivity contribution in [1.82, 2.24) is 9.55 Å². The lowest BCUT2D eigenvalue weighted by atomic mass is 10.2. The van der Waals surface area contributed by atoms with Crippen molar-refractivity contribution in [3.63, 3.8) is 0 Å². The first kappa shape index (κ1) is 19.3. The summed E-state index contributed by atoms with van der Waals surface area (Å²) >= 11 is 7.49. The van der Waals surface area contributed by atoms with Gasteiger partial charge in [0.05, 0.1) is 30.4 Å². The highest BCUT2D eigenvalue weighted by Gasteiger charge is 2.13. The molecule has 0 fully saturated rings. The number of aromatic nitrogens is 2. The second kappa shape index (κ2) is 8.50. The normalized spacial score (nSPS) is 10.7. The van der Waals surface area contributed by atoms with Crippen LogP contribution in [0.25, 0.3) is 11.3 Å². The number of imidazole rings is 1. The van der Waals surface area contributed by atoms with E-state index >= 15 is 0 Å². The Bertz CT molecular complexity index is 957. The molecule has 0 aliphatic carbocycles. The molecule has 2 aromatic carbocycles. The largest absolute Gasteiger partial charge is 0.495 e. The molecule has 0 spiro atoms. The topological polar surface area (TPSA) is 56.1 Å². The third kappa shape index (κ3) is 4.46. The van der Waals surface area contributed by atoms with Crippen LogP contribution in [-0.2, 0) is 11.8 Å². The molecule has 0 bridgehead atoms. The highest BCUT2D eigenvalue weighted by Crippen LogP contribution is 2.31. The molecule has 7 heteroatoms. The average Bonchev–Trinajstić information content (AvgIpc) is 3.04. The maximum absolute atomic E-state index is 12.4. The second-order valence-electron chi connectivity index (χ2n) is 5.99. The smallest absolute Gasteiger partial charge is 0.234 e. The van der Waals surface area contributed by atoms with Crippen molar-refractivity contribution in [3.8, 4) is 17.0 Å². The van der Waals surface area contributed by atoms with Gasteiger partial charge in [-0.05, 0) is 24.1 Å². The monoisotopic (exact) mass is 401 g/mol. The van der Waals surface area contributed by atoms with Crippen molar-refractivity contribution in [2.24, 2.45) is 7.05 Å². The number of thioether (sulfide) groups is 1. The van der Waals surface area contributed by atoms with Gasteiger partial charge in [-0.3, -0.25) is 4.79 Å². The molecule has 0 aliphatic heterocycles. The van der Waals surface area contributed by atoms with Gasteiger partial charge in [0, 0.05) is 18.1 Å². The third-order valence-corrected chi connectivity index (χ3v) is 5.55. The molecule has 1 N–H and O–H groups in total. The number of nitrogens with one attached hydrogen (secondary N) is 1. The summed E-state index contributed by atoms with van der Waals surface area (Å²) in [5.74, 6) is 0.640. The molecule has 1 aromatic heterocycles. The zero-order valence-corrected chi connectivity index (χ0v) is 16.9. The summed E-state index contributed by atoms with van der Waals surface area (Å²) < 4.78 is 7.28. The van der Waals surface area contributed by atoms with Gasteiger partial charge in [0.25, 0.3) is 0 Å². The number of ether oxygens (including phenoxy) is 1. The molecule has 0 atom stereocenters. The van der Waals surface area contributed by atoms with E-state index in [2.05, 4.69) is 10.3 Å². The Labute approximate surface area is 167 Å². The number of hydrogen-bond acceptors (Lipinski definition) is 4. The number of halogens is 1. The van der Waals surface area contributed by atoms with Crippen molar-refractivity contribution in [2.45, 2.75) is 12.1 Å². The third-order valence-electron chi connectivity index (χ3n) is 4.10. The van der Waals surface area contributed by atoms with E-state index in [-0.39, 0.29) is 11.7 Å². The maximum Gasteiger partial charge on any atom is 0.234 e. The number of methoxy groups -OCH3 is 1. The number of anilines is 1. The van der Waals surface area contributed by atoms with Crippen LogP contribution >= 0.6 is 23.4 Å². The number of amides is 1. The zero-order valence-electron chi connectivity index (χ0n) is 15.3. The molecule has 3 rings (SSSR count). The summed E-state index contributed by atoms with van der Waals surface area (Å²) in [6.07, 6.45) is 1.82. The number of hydrogen-bond donors (Lipinski definition) is 1. The first-order chi connectivity index (χ1) is 13.0. The van der Waals surface area contributed by atoms with E-state index in [1.807, 2.05) is 55.1 Å². The Morgan fingerprint density at radius 1 is 1.30 bits per heavy atom. The molecule has 0 saturated heterocycles. The molecule has 0 saturated carbocycles. The van der Waals surface area contributed by atoms with Crippen LogP contribution in [0.2, 0.25) is 5.02 Å². The van der Waals surface area contributed by atoms with Gasteiger partial charge < -0.3 is 14.6 Å². The number of benzene rings is 2. The van der Waals surface area contributed by atoms with Crippen LogP contribution < -0.4 is 10.1 Å². The van der Waals surface area contributed by atoms with E-state index < -0.39 is 0 Å². The minimum Gasteiger partial charge on any atom is -0.495 e. The van der Waals surface area contributed by atoms with Gasteiger partial charge in [0.2, 0.25) is 5.91 Å². The first-order valence-corrected chi connectivity index (χ1v) is 9.70. The second-order valence-corrected chi connectivity index (χ2v) is 7.34. The molecule has 5 nitrogen and oxygen atoms in total. The van der Waals surface area contributed by atoms with E-state index in [4.69, 9.17) is 16.3 Å². The highest BCUT2D eigenvalue weighted by molar-refractivity contribution is 7.99. The maximum atomic E-state index is 12.4. The summed E-state index contributed by atoms with van der Waals surface area (Å²) in [4.78, 5) is 16.8. The quantitative estimate of drug-likeness (QED) is 0.603. The van der Waals surface area contributed by atoms with Crippen molar-refractivity contribution >= 4 is 35.0 Å². The number of carbonyl (C=O) groups excluding carboxylic acids is 1. The van der Waals surface area contributed by atoms with E-state index in [0.29, 0.717) is 16.5 Å². The minimum absolute atomic E-state index is 0.135. The van der Waals surface area contributed by atoms with E-state index in [1.54, 1.807) is 19.2 Å². The molecule has 140 valence electrons. The number of aryl methyl sites for hydroxylation is 1. The lowest BCUT2D eigenvalue weighted by Gasteiger charge is -2.12. The average molecular weight is 402 g/mol. The van der Waals surface area contributed by atoms with Crippen LogP contribution in [0.5, 0.6) is 5.75 Å². The van der Waals surface area contributed by atoms with Crippen LogP contribution in [0.4, 0.5) is 5.69 Å². The predicted molar refractivity (Wildman–Crippen MR) is 111 cm³/mol. The lowest BCUT2D eigenvalue weighted by molar-refractivity contribution is -0.113. The summed E-state index contributed by atoms with van der Waals surface area (Å²) in [7, 11) is 3.49. The number of rotatable bonds is 6. The Morgan fingerprint density at radius 2 is 2.04 bits per heavy atom. The Morgan fingerprint density at radius 3 is 2.74 bits per heavy atom. The summed E-state index contributed by atoms with van der Waals surface area (Å²) in [6, 6.07) is 13.5. The summed E-state index contributed by atoms with van der Waals surface area (Å²) in [6.45, 7) is 1.88. The Kier molecular flexibility index (Phi) is 6.08. The van der Waals surface area contributed by atoms with E-state index in [0.717, 1.165) is 22.0 Å². The zero-order chi connectivity index (χ0) is 19.4. The van der Waals surface area contributed by atoms with Gasteiger partial charge in [0.1, 0.15) is 5.75 Å². The van der Waals surface area contributed by atoms with Gasteiger partial charge in [0.15, 0.2) is 5.16 Å². The standard InChI is InChI=1S/C20H20ClN3O2S/c1-13-9-16(18(26-3)10-15(13)21)23-19(25)12-27-20-22-11-17(24(20)2)14-7-5-4-6-8-14/h4-11H,12H2,1-3H3,(H,23,25). The van der Waals surface area contributed by atoms with Gasteiger partial charge in [-0.25, -0.2) is 4.98 Å². The summed E-state index contributed by atoms with van der Waals surface area (Å²) in [5.41, 5.74) is 3.57. The predicted octanol–water partition coefficient (Wildman–Crippen LogP) is 4.79. The van der Waals surface area contributed by atoms with E-state index in [9.17, 15) is 4.79 Å². The molecular formula is C20H20ClN3O2S. The van der Waals surface area contributed by atoms with E-state index in [1.165, 1.54) is 11.8 Å². The molecule has 3 aromatic rings. The van der Waals surface area contributed by atoms with Gasteiger partial charge in [-0.1, -0.05) is 53.7 Å². The fraction of sp³-hybridized carbons (Fsp3) is 0.200. The number of nitrogens with zero attached hydrogens (tertiary/aromatic N) is 2. The highest BCUT2D eigenvalue weighted by atomic mass is 35.5. The van der Waals surface area contributed by atoms with Crippen LogP contribution in [-0.4, -0.2) is 28.3 Å². The molecule has 0 unspecified atom stereocenters. The fourth-order valence-electron chi connectivity index (χ4n) is 2.65. The Hall–Kier alpha value is -2.44. The fourth-order valence-corrected chi connectivity index (χ4v) is 3.56. The molecule has 1 amide bonds.